The van der Waals surface area contributed by atoms with Crippen LogP contribution in [-0.4, -0.2) is 35.8 Å². The molecule has 1 aromatic carbocycles. The smallest absolute Gasteiger partial charge is 0.335 e. The SMILES string of the molecule is CCN(C=C1C(=O)NC(=O)N(c2cc(C)c(C)cc2Br)C1=O)CC. The summed E-state index contributed by atoms with van der Waals surface area (Å²) in [4.78, 5) is 39.9. The fourth-order valence-electron chi connectivity index (χ4n) is 2.39. The number of barbiturate groups is 1. The van der Waals surface area contributed by atoms with Gasteiger partial charge in [0.2, 0.25) is 0 Å². The maximum atomic E-state index is 12.8. The molecule has 1 aromatic rings. The normalized spacial score (nSPS) is 16.6. The number of nitrogens with zero attached hydrogens (tertiary/aromatic N) is 2. The van der Waals surface area contributed by atoms with E-state index in [1.165, 1.54) is 6.20 Å². The molecule has 0 spiro atoms. The van der Waals surface area contributed by atoms with Gasteiger partial charge < -0.3 is 4.90 Å². The van der Waals surface area contributed by atoms with Gasteiger partial charge in [-0.05, 0) is 66.9 Å². The summed E-state index contributed by atoms with van der Waals surface area (Å²) in [7, 11) is 0. The predicted octanol–water partition coefficient (Wildman–Crippen LogP) is 2.87. The van der Waals surface area contributed by atoms with Gasteiger partial charge in [0, 0.05) is 23.8 Å². The number of anilines is 1. The van der Waals surface area contributed by atoms with Crippen LogP contribution < -0.4 is 10.2 Å². The summed E-state index contributed by atoms with van der Waals surface area (Å²) in [6.45, 7) is 9.00. The number of aryl methyl sites for hydroxylation is 2. The number of urea groups is 1. The Morgan fingerprint density at radius 1 is 1.12 bits per heavy atom. The number of nitrogens with one attached hydrogen (secondary N) is 1. The first-order chi connectivity index (χ1) is 11.3. The molecule has 2 rings (SSSR count). The van der Waals surface area contributed by atoms with Crippen molar-refractivity contribution in [2.75, 3.05) is 18.0 Å². The molecule has 128 valence electrons. The molecular formula is C17H20BrN3O3. The third-order valence-electron chi connectivity index (χ3n) is 4.03. The average molecular weight is 394 g/mol. The summed E-state index contributed by atoms with van der Waals surface area (Å²) >= 11 is 3.40. The Balaban J connectivity index is 2.51. The predicted molar refractivity (Wildman–Crippen MR) is 95.6 cm³/mol. The molecule has 6 nitrogen and oxygen atoms in total. The number of carbonyl (C=O) groups is 3. The van der Waals surface area contributed by atoms with Crippen molar-refractivity contribution in [3.63, 3.8) is 0 Å². The van der Waals surface area contributed by atoms with E-state index >= 15 is 0 Å². The quantitative estimate of drug-likeness (QED) is 0.630. The van der Waals surface area contributed by atoms with Gasteiger partial charge in [-0.1, -0.05) is 0 Å². The van der Waals surface area contributed by atoms with Crippen LogP contribution in [0.5, 0.6) is 0 Å². The Morgan fingerprint density at radius 3 is 2.29 bits per heavy atom. The molecule has 0 bridgehead atoms. The highest BCUT2D eigenvalue weighted by molar-refractivity contribution is 9.10. The molecule has 0 aromatic heterocycles. The molecule has 1 aliphatic heterocycles. The van der Waals surface area contributed by atoms with E-state index in [0.29, 0.717) is 23.2 Å². The van der Waals surface area contributed by atoms with Crippen LogP contribution in [0.15, 0.2) is 28.4 Å². The minimum absolute atomic E-state index is 0.0524. The van der Waals surface area contributed by atoms with E-state index in [2.05, 4.69) is 21.2 Å². The van der Waals surface area contributed by atoms with Gasteiger partial charge in [-0.15, -0.1) is 0 Å². The highest BCUT2D eigenvalue weighted by Gasteiger charge is 2.38. The van der Waals surface area contributed by atoms with Crippen LogP contribution >= 0.6 is 15.9 Å². The number of hydrogen-bond acceptors (Lipinski definition) is 4. The van der Waals surface area contributed by atoms with E-state index in [9.17, 15) is 14.4 Å². The van der Waals surface area contributed by atoms with Crippen LogP contribution in [0.3, 0.4) is 0 Å². The molecule has 0 unspecified atom stereocenters. The molecule has 1 N–H and O–H groups in total. The summed E-state index contributed by atoms with van der Waals surface area (Å²) in [6, 6.07) is 2.85. The van der Waals surface area contributed by atoms with Crippen molar-refractivity contribution in [1.29, 1.82) is 0 Å². The van der Waals surface area contributed by atoms with Crippen molar-refractivity contribution < 1.29 is 14.4 Å². The second-order valence-electron chi connectivity index (χ2n) is 5.55. The van der Waals surface area contributed by atoms with Gasteiger partial charge in [0.1, 0.15) is 5.57 Å². The fraction of sp³-hybridized carbons (Fsp3) is 0.353. The number of benzene rings is 1. The second-order valence-corrected chi connectivity index (χ2v) is 6.41. The number of carbonyl (C=O) groups excluding carboxylic acids is 3. The van der Waals surface area contributed by atoms with E-state index in [4.69, 9.17) is 0 Å². The highest BCUT2D eigenvalue weighted by atomic mass is 79.9. The van der Waals surface area contributed by atoms with Gasteiger partial charge in [0.25, 0.3) is 11.8 Å². The Kier molecular flexibility index (Phi) is 5.43. The van der Waals surface area contributed by atoms with Crippen LogP contribution in [0, 0.1) is 13.8 Å². The van der Waals surface area contributed by atoms with Gasteiger partial charge in [0.15, 0.2) is 0 Å². The lowest BCUT2D eigenvalue weighted by Crippen LogP contribution is -2.55. The molecule has 1 aliphatic rings. The molecule has 0 saturated carbocycles. The van der Waals surface area contributed by atoms with Crippen LogP contribution in [0.2, 0.25) is 0 Å². The number of imide groups is 2. The number of amides is 4. The zero-order chi connectivity index (χ0) is 18.0. The standard InChI is InChI=1S/C17H20BrN3O3/c1-5-20(6-2)9-12-15(22)19-17(24)21(16(12)23)14-8-11(4)10(3)7-13(14)18/h7-9H,5-6H2,1-4H3,(H,19,22,24). The first-order valence-electron chi connectivity index (χ1n) is 7.72. The van der Waals surface area contributed by atoms with Crippen LogP contribution in [-0.2, 0) is 9.59 Å². The highest BCUT2D eigenvalue weighted by Crippen LogP contribution is 2.31. The zero-order valence-corrected chi connectivity index (χ0v) is 15.7. The minimum Gasteiger partial charge on any atom is -0.377 e. The van der Waals surface area contributed by atoms with Crippen molar-refractivity contribution >= 4 is 39.5 Å². The monoisotopic (exact) mass is 393 g/mol. The lowest BCUT2D eigenvalue weighted by atomic mass is 10.1. The van der Waals surface area contributed by atoms with Gasteiger partial charge >= 0.3 is 6.03 Å². The average Bonchev–Trinajstić information content (AvgIpc) is 2.52. The maximum Gasteiger partial charge on any atom is 0.335 e. The van der Waals surface area contributed by atoms with E-state index in [-0.39, 0.29) is 5.57 Å². The molecule has 0 atom stereocenters. The van der Waals surface area contributed by atoms with Gasteiger partial charge in [0.05, 0.1) is 5.69 Å². The molecule has 0 radical (unpaired) electrons. The van der Waals surface area contributed by atoms with Gasteiger partial charge in [-0.25, -0.2) is 9.69 Å². The topological polar surface area (TPSA) is 69.7 Å². The van der Waals surface area contributed by atoms with Crippen molar-refractivity contribution in [3.05, 3.63) is 39.5 Å². The van der Waals surface area contributed by atoms with Crippen molar-refractivity contribution in [2.24, 2.45) is 0 Å². The Hall–Kier alpha value is -2.15. The van der Waals surface area contributed by atoms with E-state index in [1.54, 1.807) is 6.07 Å². The lowest BCUT2D eigenvalue weighted by molar-refractivity contribution is -0.122. The first-order valence-corrected chi connectivity index (χ1v) is 8.51. The third kappa shape index (κ3) is 3.36. The zero-order valence-electron chi connectivity index (χ0n) is 14.1. The molecule has 24 heavy (non-hydrogen) atoms. The lowest BCUT2D eigenvalue weighted by Gasteiger charge is -2.28. The largest absolute Gasteiger partial charge is 0.377 e. The molecular weight excluding hydrogens is 374 g/mol. The van der Waals surface area contributed by atoms with E-state index in [0.717, 1.165) is 16.0 Å². The molecule has 1 fully saturated rings. The molecule has 4 amide bonds. The van der Waals surface area contributed by atoms with Crippen molar-refractivity contribution in [3.8, 4) is 0 Å². The van der Waals surface area contributed by atoms with Gasteiger partial charge in [-0.2, -0.15) is 0 Å². The Bertz CT molecular complexity index is 739. The molecule has 1 saturated heterocycles. The second kappa shape index (κ2) is 7.17. The first kappa shape index (κ1) is 18.2. The van der Waals surface area contributed by atoms with Crippen LogP contribution in [0.25, 0.3) is 0 Å². The summed E-state index contributed by atoms with van der Waals surface area (Å²) in [6.07, 6.45) is 1.51. The summed E-state index contributed by atoms with van der Waals surface area (Å²) in [5.74, 6) is -1.30. The van der Waals surface area contributed by atoms with Crippen LogP contribution in [0.4, 0.5) is 10.5 Å². The number of halogens is 1. The summed E-state index contributed by atoms with van der Waals surface area (Å²) < 4.78 is 0.616. The van der Waals surface area contributed by atoms with Crippen LogP contribution in [0.1, 0.15) is 25.0 Å². The van der Waals surface area contributed by atoms with E-state index < -0.39 is 17.8 Å². The summed E-state index contributed by atoms with van der Waals surface area (Å²) in [5, 5.41) is 2.23. The fourth-order valence-corrected chi connectivity index (χ4v) is 3.02. The molecule has 1 heterocycles. The number of rotatable bonds is 4. The maximum absolute atomic E-state index is 12.8. The molecule has 0 aliphatic carbocycles. The van der Waals surface area contributed by atoms with Crippen molar-refractivity contribution in [2.45, 2.75) is 27.7 Å². The Labute approximate surface area is 149 Å². The third-order valence-corrected chi connectivity index (χ3v) is 4.66. The van der Waals surface area contributed by atoms with E-state index in [1.807, 2.05) is 38.7 Å². The molecule has 7 heteroatoms. The Morgan fingerprint density at radius 2 is 1.71 bits per heavy atom. The number of hydrogen-bond donors (Lipinski definition) is 1. The minimum atomic E-state index is -0.745. The van der Waals surface area contributed by atoms with Gasteiger partial charge in [-0.3, -0.25) is 14.9 Å². The summed E-state index contributed by atoms with van der Waals surface area (Å²) in [5.41, 5.74) is 2.34. The van der Waals surface area contributed by atoms with Crippen molar-refractivity contribution in [1.82, 2.24) is 10.2 Å².